The first-order valence-corrected chi connectivity index (χ1v) is 6.42. The summed E-state index contributed by atoms with van der Waals surface area (Å²) in [4.78, 5) is 23.7. The summed E-state index contributed by atoms with van der Waals surface area (Å²) in [5, 5.41) is 0. The minimum Gasteiger partial charge on any atom is -0.492 e. The minimum absolute atomic E-state index is 0.0707. The maximum absolute atomic E-state index is 11.3. The number of carbonyl (C=O) groups excluding carboxylic acids is 2. The fourth-order valence-corrected chi connectivity index (χ4v) is 1.89. The van der Waals surface area contributed by atoms with Crippen molar-refractivity contribution in [1.29, 1.82) is 0 Å². The Morgan fingerprint density at radius 2 is 2.17 bits per heavy atom. The van der Waals surface area contributed by atoms with Crippen LogP contribution in [0.5, 0.6) is 5.75 Å². The number of carbonyl (C=O) groups is 2. The summed E-state index contributed by atoms with van der Waals surface area (Å²) in [7, 11) is 3.45. The van der Waals surface area contributed by atoms with E-state index in [1.807, 2.05) is 6.07 Å². The van der Waals surface area contributed by atoms with Crippen LogP contribution in [-0.2, 0) is 4.79 Å². The number of ether oxygens (including phenoxy) is 1. The first-order valence-electron chi connectivity index (χ1n) is 5.63. The van der Waals surface area contributed by atoms with E-state index in [4.69, 9.17) is 4.74 Å². The Labute approximate surface area is 115 Å². The van der Waals surface area contributed by atoms with E-state index in [0.29, 0.717) is 30.8 Å². The minimum atomic E-state index is 0.0707. The Morgan fingerprint density at radius 3 is 2.78 bits per heavy atom. The van der Waals surface area contributed by atoms with Crippen molar-refractivity contribution >= 4 is 28.1 Å². The first-order chi connectivity index (χ1) is 8.56. The molecule has 0 saturated heterocycles. The Morgan fingerprint density at radius 1 is 1.44 bits per heavy atom. The maximum Gasteiger partial charge on any atom is 0.222 e. The van der Waals surface area contributed by atoms with Gasteiger partial charge in [-0.25, -0.2) is 0 Å². The zero-order chi connectivity index (χ0) is 13.5. The molecule has 0 aliphatic rings. The molecule has 98 valence electrons. The van der Waals surface area contributed by atoms with Gasteiger partial charge in [-0.15, -0.1) is 0 Å². The van der Waals surface area contributed by atoms with Crippen molar-refractivity contribution in [2.75, 3.05) is 20.7 Å². The predicted octanol–water partition coefficient (Wildman–Crippen LogP) is 2.51. The predicted molar refractivity (Wildman–Crippen MR) is 73.0 cm³/mol. The second-order valence-electron chi connectivity index (χ2n) is 4.02. The van der Waals surface area contributed by atoms with E-state index in [-0.39, 0.29) is 5.91 Å². The molecule has 0 saturated carbocycles. The van der Waals surface area contributed by atoms with Crippen molar-refractivity contribution in [1.82, 2.24) is 4.90 Å². The summed E-state index contributed by atoms with van der Waals surface area (Å²) < 4.78 is 6.28. The third-order valence-electron chi connectivity index (χ3n) is 2.40. The smallest absolute Gasteiger partial charge is 0.222 e. The number of para-hydroxylation sites is 1. The molecule has 0 fully saturated rings. The molecular formula is C13H16BrNO3. The molecular weight excluding hydrogens is 298 g/mol. The lowest BCUT2D eigenvalue weighted by Gasteiger charge is -2.12. The Hall–Kier alpha value is -1.36. The highest BCUT2D eigenvalue weighted by atomic mass is 79.9. The summed E-state index contributed by atoms with van der Waals surface area (Å²) >= 11 is 3.33. The average Bonchev–Trinajstić information content (AvgIpc) is 2.35. The fourth-order valence-electron chi connectivity index (χ4n) is 1.39. The van der Waals surface area contributed by atoms with Gasteiger partial charge in [0.2, 0.25) is 5.91 Å². The van der Waals surface area contributed by atoms with Crippen molar-refractivity contribution in [3.05, 3.63) is 28.2 Å². The van der Waals surface area contributed by atoms with Gasteiger partial charge in [-0.3, -0.25) is 9.59 Å². The number of halogens is 1. The van der Waals surface area contributed by atoms with Gasteiger partial charge in [-0.1, -0.05) is 6.07 Å². The van der Waals surface area contributed by atoms with Crippen LogP contribution in [0.3, 0.4) is 0 Å². The first kappa shape index (κ1) is 14.7. The highest BCUT2D eigenvalue weighted by Gasteiger charge is 2.08. The van der Waals surface area contributed by atoms with E-state index in [9.17, 15) is 9.59 Å². The van der Waals surface area contributed by atoms with Crippen LogP contribution in [-0.4, -0.2) is 37.8 Å². The van der Waals surface area contributed by atoms with Crippen LogP contribution >= 0.6 is 15.9 Å². The van der Waals surface area contributed by atoms with E-state index in [1.165, 1.54) is 0 Å². The van der Waals surface area contributed by atoms with Crippen molar-refractivity contribution in [3.63, 3.8) is 0 Å². The molecule has 0 atom stereocenters. The number of aldehydes is 1. The van der Waals surface area contributed by atoms with Crippen molar-refractivity contribution in [2.45, 2.75) is 12.8 Å². The molecule has 1 aromatic carbocycles. The molecule has 0 unspecified atom stereocenters. The molecule has 1 aromatic rings. The van der Waals surface area contributed by atoms with Gasteiger partial charge in [-0.2, -0.15) is 0 Å². The molecule has 4 nitrogen and oxygen atoms in total. The molecule has 0 aliphatic carbocycles. The Bertz CT molecular complexity index is 432. The molecule has 0 heterocycles. The molecule has 0 bridgehead atoms. The van der Waals surface area contributed by atoms with E-state index >= 15 is 0 Å². The molecule has 18 heavy (non-hydrogen) atoms. The quantitative estimate of drug-likeness (QED) is 0.599. The summed E-state index contributed by atoms with van der Waals surface area (Å²) in [6, 6.07) is 5.28. The van der Waals surface area contributed by atoms with Crippen LogP contribution in [0.4, 0.5) is 0 Å². The number of rotatable bonds is 6. The highest BCUT2D eigenvalue weighted by molar-refractivity contribution is 9.10. The lowest BCUT2D eigenvalue weighted by molar-refractivity contribution is -0.128. The molecule has 1 rings (SSSR count). The number of hydrogen-bond donors (Lipinski definition) is 0. The van der Waals surface area contributed by atoms with Gasteiger partial charge in [0.1, 0.15) is 5.75 Å². The van der Waals surface area contributed by atoms with Gasteiger partial charge in [0, 0.05) is 20.5 Å². The molecule has 1 amide bonds. The summed E-state index contributed by atoms with van der Waals surface area (Å²) in [6.45, 7) is 0.406. The highest BCUT2D eigenvalue weighted by Crippen LogP contribution is 2.28. The van der Waals surface area contributed by atoms with Gasteiger partial charge in [0.25, 0.3) is 0 Å². The van der Waals surface area contributed by atoms with Crippen molar-refractivity contribution in [2.24, 2.45) is 0 Å². The van der Waals surface area contributed by atoms with Gasteiger partial charge >= 0.3 is 0 Å². The molecule has 0 radical (unpaired) electrons. The van der Waals surface area contributed by atoms with E-state index < -0.39 is 0 Å². The summed E-state index contributed by atoms with van der Waals surface area (Å²) in [5.74, 6) is 0.603. The lowest BCUT2D eigenvalue weighted by Crippen LogP contribution is -2.21. The van der Waals surface area contributed by atoms with Crippen LogP contribution in [0.1, 0.15) is 23.2 Å². The molecule has 0 aromatic heterocycles. The van der Waals surface area contributed by atoms with Gasteiger partial charge in [-0.05, 0) is 34.5 Å². The van der Waals surface area contributed by atoms with E-state index in [1.54, 1.807) is 31.1 Å². The number of amides is 1. The summed E-state index contributed by atoms with van der Waals surface area (Å²) in [5.41, 5.74) is 0.503. The average molecular weight is 314 g/mol. The number of nitrogens with zero attached hydrogens (tertiary/aromatic N) is 1. The van der Waals surface area contributed by atoms with Gasteiger partial charge < -0.3 is 9.64 Å². The summed E-state index contributed by atoms with van der Waals surface area (Å²) in [6.07, 6.45) is 1.82. The van der Waals surface area contributed by atoms with Crippen molar-refractivity contribution < 1.29 is 14.3 Å². The van der Waals surface area contributed by atoms with E-state index in [2.05, 4.69) is 15.9 Å². The van der Waals surface area contributed by atoms with Crippen LogP contribution in [0.15, 0.2) is 22.7 Å². The van der Waals surface area contributed by atoms with Crippen LogP contribution < -0.4 is 4.74 Å². The van der Waals surface area contributed by atoms with Crippen LogP contribution in [0.25, 0.3) is 0 Å². The second-order valence-corrected chi connectivity index (χ2v) is 4.87. The monoisotopic (exact) mass is 313 g/mol. The topological polar surface area (TPSA) is 46.6 Å². The lowest BCUT2D eigenvalue weighted by atomic mass is 10.2. The second kappa shape index (κ2) is 7.16. The molecule has 5 heteroatoms. The van der Waals surface area contributed by atoms with Crippen LogP contribution in [0.2, 0.25) is 0 Å². The maximum atomic E-state index is 11.3. The number of hydrogen-bond acceptors (Lipinski definition) is 3. The third kappa shape index (κ3) is 4.14. The SMILES string of the molecule is CN(C)C(=O)CCCOc1c(Br)cccc1C=O. The van der Waals surface area contributed by atoms with Crippen LogP contribution in [0, 0.1) is 0 Å². The standard InChI is InChI=1S/C13H16BrNO3/c1-15(2)12(17)7-4-8-18-13-10(9-16)5-3-6-11(13)14/h3,5-6,9H,4,7-8H2,1-2H3. The van der Waals surface area contributed by atoms with Crippen molar-refractivity contribution in [3.8, 4) is 5.75 Å². The van der Waals surface area contributed by atoms with E-state index in [0.717, 1.165) is 10.8 Å². The fraction of sp³-hybridized carbons (Fsp3) is 0.385. The zero-order valence-corrected chi connectivity index (χ0v) is 12.1. The third-order valence-corrected chi connectivity index (χ3v) is 3.03. The molecule has 0 aliphatic heterocycles. The molecule has 0 spiro atoms. The zero-order valence-electron chi connectivity index (χ0n) is 10.5. The Kier molecular flexibility index (Phi) is 5.85. The Balaban J connectivity index is 2.49. The normalized spacial score (nSPS) is 9.94. The molecule has 0 N–H and O–H groups in total. The van der Waals surface area contributed by atoms with Gasteiger partial charge in [0.05, 0.1) is 16.6 Å². The van der Waals surface area contributed by atoms with Gasteiger partial charge in [0.15, 0.2) is 6.29 Å². The largest absolute Gasteiger partial charge is 0.492 e. The number of benzene rings is 1.